The Labute approximate surface area is 167 Å². The fourth-order valence-electron chi connectivity index (χ4n) is 2.69. The first-order chi connectivity index (χ1) is 13.7. The molecule has 0 unspecified atom stereocenters. The van der Waals surface area contributed by atoms with Crippen LogP contribution in [0.4, 0.5) is 24.5 Å². The summed E-state index contributed by atoms with van der Waals surface area (Å²) in [6.07, 6.45) is 1.02. The summed E-state index contributed by atoms with van der Waals surface area (Å²) >= 11 is 0. The van der Waals surface area contributed by atoms with Crippen molar-refractivity contribution in [3.05, 3.63) is 59.4 Å². The monoisotopic (exact) mass is 407 g/mol. The molecule has 2 amide bonds. The topological polar surface area (TPSA) is 61.4 Å². The van der Waals surface area contributed by atoms with Gasteiger partial charge in [0.25, 0.3) is 0 Å². The number of nitrogens with one attached hydrogen (secondary N) is 2. The molecule has 0 heterocycles. The van der Waals surface area contributed by atoms with E-state index in [1.807, 2.05) is 24.3 Å². The van der Waals surface area contributed by atoms with E-state index in [0.717, 1.165) is 18.6 Å². The Balaban J connectivity index is 1.85. The number of carbonyl (C=O) groups excluding carboxylic acids is 2. The van der Waals surface area contributed by atoms with Crippen LogP contribution in [0.3, 0.4) is 0 Å². The highest BCUT2D eigenvalue weighted by Crippen LogP contribution is 2.21. The largest absolute Gasteiger partial charge is 0.325 e. The van der Waals surface area contributed by atoms with Gasteiger partial charge in [-0.1, -0.05) is 26.0 Å². The molecular weight excluding hydrogens is 383 g/mol. The Hall–Kier alpha value is -2.87. The summed E-state index contributed by atoms with van der Waals surface area (Å²) in [5.41, 5.74) is 1.36. The van der Waals surface area contributed by atoms with E-state index in [-0.39, 0.29) is 19.0 Å². The van der Waals surface area contributed by atoms with Gasteiger partial charge in [0.05, 0.1) is 18.8 Å². The molecule has 0 aliphatic rings. The molecule has 0 spiro atoms. The van der Waals surface area contributed by atoms with Crippen LogP contribution in [0.15, 0.2) is 36.4 Å². The van der Waals surface area contributed by atoms with Crippen molar-refractivity contribution in [3.63, 3.8) is 0 Å². The fraction of sp³-hybridized carbons (Fsp3) is 0.333. The highest BCUT2D eigenvalue weighted by molar-refractivity contribution is 5.94. The molecule has 0 saturated carbocycles. The van der Waals surface area contributed by atoms with Crippen LogP contribution in [0.5, 0.6) is 0 Å². The second kappa shape index (κ2) is 10.1. The number of halogens is 3. The van der Waals surface area contributed by atoms with Gasteiger partial charge in [-0.15, -0.1) is 0 Å². The van der Waals surface area contributed by atoms with E-state index >= 15 is 0 Å². The summed E-state index contributed by atoms with van der Waals surface area (Å²) in [6.45, 7) is 3.91. The van der Waals surface area contributed by atoms with Gasteiger partial charge in [-0.25, -0.2) is 13.2 Å². The average Bonchev–Trinajstić information content (AvgIpc) is 2.68. The first kappa shape index (κ1) is 22.4. The van der Waals surface area contributed by atoms with Gasteiger partial charge < -0.3 is 10.6 Å². The molecule has 2 N–H and O–H groups in total. The van der Waals surface area contributed by atoms with Crippen LogP contribution in [-0.4, -0.2) is 36.9 Å². The van der Waals surface area contributed by atoms with Crippen molar-refractivity contribution in [2.24, 2.45) is 0 Å². The van der Waals surface area contributed by atoms with Crippen LogP contribution in [0.1, 0.15) is 31.7 Å². The van der Waals surface area contributed by atoms with E-state index < -0.39 is 29.0 Å². The van der Waals surface area contributed by atoms with Crippen molar-refractivity contribution >= 4 is 23.2 Å². The van der Waals surface area contributed by atoms with Gasteiger partial charge in [0.15, 0.2) is 17.5 Å². The number of benzene rings is 2. The Morgan fingerprint density at radius 2 is 1.52 bits per heavy atom. The Bertz CT molecular complexity index is 872. The smallest absolute Gasteiger partial charge is 0.238 e. The van der Waals surface area contributed by atoms with E-state index in [9.17, 15) is 22.8 Å². The summed E-state index contributed by atoms with van der Waals surface area (Å²) < 4.78 is 39.7. The Kier molecular flexibility index (Phi) is 7.78. The van der Waals surface area contributed by atoms with Crippen molar-refractivity contribution in [2.75, 3.05) is 30.8 Å². The van der Waals surface area contributed by atoms with Crippen LogP contribution in [0.2, 0.25) is 0 Å². The molecule has 1 atom stereocenters. The zero-order valence-electron chi connectivity index (χ0n) is 16.6. The minimum absolute atomic E-state index is 0.0825. The third-order valence-corrected chi connectivity index (χ3v) is 4.51. The normalized spacial score (nSPS) is 12.0. The van der Waals surface area contributed by atoms with Gasteiger partial charge in [0.1, 0.15) is 0 Å². The lowest BCUT2D eigenvalue weighted by molar-refractivity contribution is -0.119. The molecule has 5 nitrogen and oxygen atoms in total. The first-order valence-electron chi connectivity index (χ1n) is 9.23. The van der Waals surface area contributed by atoms with Crippen molar-refractivity contribution in [1.82, 2.24) is 4.90 Å². The number of anilines is 2. The van der Waals surface area contributed by atoms with Gasteiger partial charge in [0.2, 0.25) is 11.8 Å². The van der Waals surface area contributed by atoms with Gasteiger partial charge in [-0.2, -0.15) is 0 Å². The Morgan fingerprint density at radius 3 is 2.10 bits per heavy atom. The number of likely N-dealkylation sites (N-methyl/N-ethyl adjacent to an activating group) is 1. The standard InChI is InChI=1S/C21H24F3N3O2/c1-4-13(2)14-5-7-15(8-6-14)25-18(28)11-27(3)12-19(29)26-17-10-9-16(22)20(23)21(17)24/h5-10,13H,4,11-12H2,1-3H3,(H,25,28)(H,26,29)/t13-/m0/s1. The molecule has 0 saturated heterocycles. The van der Waals surface area contributed by atoms with Gasteiger partial charge in [-0.3, -0.25) is 14.5 Å². The highest BCUT2D eigenvalue weighted by Gasteiger charge is 2.17. The molecule has 156 valence electrons. The zero-order chi connectivity index (χ0) is 21.6. The third kappa shape index (κ3) is 6.32. The SMILES string of the molecule is CC[C@H](C)c1ccc(NC(=O)CN(C)CC(=O)Nc2ccc(F)c(F)c2F)cc1. The summed E-state index contributed by atoms with van der Waals surface area (Å²) in [7, 11) is 1.53. The number of hydrogen-bond acceptors (Lipinski definition) is 3. The van der Waals surface area contributed by atoms with Crippen molar-refractivity contribution < 1.29 is 22.8 Å². The van der Waals surface area contributed by atoms with Crippen molar-refractivity contribution in [3.8, 4) is 0 Å². The van der Waals surface area contributed by atoms with E-state index in [2.05, 4.69) is 24.5 Å². The predicted octanol–water partition coefficient (Wildman–Crippen LogP) is 4.13. The number of carbonyl (C=O) groups is 2. The Morgan fingerprint density at radius 1 is 0.931 bits per heavy atom. The van der Waals surface area contributed by atoms with E-state index in [4.69, 9.17) is 0 Å². The quantitative estimate of drug-likeness (QED) is 0.647. The van der Waals surface area contributed by atoms with Crippen LogP contribution < -0.4 is 10.6 Å². The molecule has 0 aliphatic heterocycles. The zero-order valence-corrected chi connectivity index (χ0v) is 16.6. The predicted molar refractivity (Wildman–Crippen MR) is 106 cm³/mol. The summed E-state index contributed by atoms with van der Waals surface area (Å²) in [5, 5.41) is 4.90. The van der Waals surface area contributed by atoms with E-state index in [1.165, 1.54) is 17.5 Å². The maximum atomic E-state index is 13.6. The van der Waals surface area contributed by atoms with Crippen LogP contribution >= 0.6 is 0 Å². The number of amides is 2. The molecule has 29 heavy (non-hydrogen) atoms. The molecule has 0 aliphatic carbocycles. The van der Waals surface area contributed by atoms with E-state index in [0.29, 0.717) is 11.6 Å². The second-order valence-corrected chi connectivity index (χ2v) is 6.92. The second-order valence-electron chi connectivity index (χ2n) is 6.92. The first-order valence-corrected chi connectivity index (χ1v) is 9.23. The average molecular weight is 407 g/mol. The van der Waals surface area contributed by atoms with Crippen molar-refractivity contribution in [1.29, 1.82) is 0 Å². The summed E-state index contributed by atoms with van der Waals surface area (Å²) in [6, 6.07) is 9.20. The van der Waals surface area contributed by atoms with Gasteiger partial charge in [-0.05, 0) is 49.2 Å². The molecule has 0 radical (unpaired) electrons. The molecule has 0 bridgehead atoms. The molecule has 8 heteroatoms. The van der Waals surface area contributed by atoms with Crippen LogP contribution in [-0.2, 0) is 9.59 Å². The van der Waals surface area contributed by atoms with Gasteiger partial charge in [0, 0.05) is 5.69 Å². The van der Waals surface area contributed by atoms with Crippen LogP contribution in [0.25, 0.3) is 0 Å². The lowest BCUT2D eigenvalue weighted by Gasteiger charge is -2.16. The molecule has 2 rings (SSSR count). The van der Waals surface area contributed by atoms with E-state index in [1.54, 1.807) is 0 Å². The lowest BCUT2D eigenvalue weighted by atomic mass is 9.99. The minimum atomic E-state index is -1.66. The highest BCUT2D eigenvalue weighted by atomic mass is 19.2. The van der Waals surface area contributed by atoms with Gasteiger partial charge >= 0.3 is 0 Å². The lowest BCUT2D eigenvalue weighted by Crippen LogP contribution is -2.36. The fourth-order valence-corrected chi connectivity index (χ4v) is 2.69. The maximum absolute atomic E-state index is 13.6. The molecule has 2 aromatic rings. The molecule has 2 aromatic carbocycles. The number of nitrogens with zero attached hydrogens (tertiary/aromatic N) is 1. The number of rotatable bonds is 8. The minimum Gasteiger partial charge on any atom is -0.325 e. The maximum Gasteiger partial charge on any atom is 0.238 e. The van der Waals surface area contributed by atoms with Crippen LogP contribution in [0, 0.1) is 17.5 Å². The molecule has 0 aromatic heterocycles. The third-order valence-electron chi connectivity index (χ3n) is 4.51. The summed E-state index contributed by atoms with van der Waals surface area (Å²) in [4.78, 5) is 25.5. The molecule has 0 fully saturated rings. The molecular formula is C21H24F3N3O2. The van der Waals surface area contributed by atoms with Crippen molar-refractivity contribution in [2.45, 2.75) is 26.2 Å². The number of hydrogen-bond donors (Lipinski definition) is 2. The summed E-state index contributed by atoms with van der Waals surface area (Å²) in [5.74, 6) is -5.02.